The maximum Gasteiger partial charge on any atom is 0.234 e. The molecule has 0 radical (unpaired) electrons. The Bertz CT molecular complexity index is 218. The normalized spacial score (nSPS) is 22.4. The summed E-state index contributed by atoms with van der Waals surface area (Å²) in [6.07, 6.45) is 1.46. The van der Waals surface area contributed by atoms with Crippen LogP contribution in [-0.2, 0) is 4.79 Å². The minimum atomic E-state index is -0.343. The van der Waals surface area contributed by atoms with Crippen LogP contribution >= 0.6 is 11.8 Å². The number of aliphatic hydroxyl groups excluding tert-OH is 1. The van der Waals surface area contributed by atoms with E-state index in [1.165, 1.54) is 12.2 Å². The molecule has 16 heavy (non-hydrogen) atoms. The Hall–Kier alpha value is -0.260. The maximum absolute atomic E-state index is 11.6. The van der Waals surface area contributed by atoms with E-state index in [4.69, 9.17) is 5.11 Å². The fraction of sp³-hybridized carbons (Fsp3) is 0.909. The third-order valence-corrected chi connectivity index (χ3v) is 3.95. The average Bonchev–Trinajstić information content (AvgIpc) is 2.69. The lowest BCUT2D eigenvalue weighted by Crippen LogP contribution is -2.41. The van der Waals surface area contributed by atoms with Gasteiger partial charge >= 0.3 is 0 Å². The molecule has 2 N–H and O–H groups in total. The van der Waals surface area contributed by atoms with Gasteiger partial charge in [-0.2, -0.15) is 11.8 Å². The fourth-order valence-corrected chi connectivity index (χ4v) is 3.00. The highest BCUT2D eigenvalue weighted by molar-refractivity contribution is 7.99. The highest BCUT2D eigenvalue weighted by atomic mass is 32.2. The first-order valence-corrected chi connectivity index (χ1v) is 6.98. The third-order valence-electron chi connectivity index (χ3n) is 2.81. The van der Waals surface area contributed by atoms with Crippen molar-refractivity contribution in [3.63, 3.8) is 0 Å². The van der Waals surface area contributed by atoms with E-state index in [0.717, 1.165) is 5.75 Å². The second-order valence-corrected chi connectivity index (χ2v) is 5.57. The Morgan fingerprint density at radius 3 is 3.00 bits per heavy atom. The van der Waals surface area contributed by atoms with Gasteiger partial charge < -0.3 is 10.4 Å². The van der Waals surface area contributed by atoms with Crippen molar-refractivity contribution < 1.29 is 9.90 Å². The summed E-state index contributed by atoms with van der Waals surface area (Å²) in [6, 6.07) is 0.549. The predicted octanol–water partition coefficient (Wildman–Crippen LogP) is 0.311. The molecule has 0 bridgehead atoms. The number of likely N-dealkylation sites (N-methyl/N-ethyl adjacent to an activating group) is 1. The van der Waals surface area contributed by atoms with Crippen LogP contribution in [0.15, 0.2) is 0 Å². The summed E-state index contributed by atoms with van der Waals surface area (Å²) in [5.41, 5.74) is 0. The molecule has 0 aromatic rings. The minimum Gasteiger partial charge on any atom is -0.393 e. The number of amides is 1. The van der Waals surface area contributed by atoms with Crippen molar-refractivity contribution in [2.24, 2.45) is 0 Å². The van der Waals surface area contributed by atoms with Crippen LogP contribution in [0.25, 0.3) is 0 Å². The number of carbonyl (C=O) groups is 1. The molecule has 4 nitrogen and oxygen atoms in total. The molecule has 2 unspecified atom stereocenters. The van der Waals surface area contributed by atoms with E-state index in [9.17, 15) is 4.79 Å². The van der Waals surface area contributed by atoms with Gasteiger partial charge in [-0.1, -0.05) is 0 Å². The molecule has 2 atom stereocenters. The quantitative estimate of drug-likeness (QED) is 0.708. The summed E-state index contributed by atoms with van der Waals surface area (Å²) in [4.78, 5) is 13.7. The Morgan fingerprint density at radius 1 is 1.69 bits per heavy atom. The fourth-order valence-electron chi connectivity index (χ4n) is 1.70. The van der Waals surface area contributed by atoms with Gasteiger partial charge in [0.2, 0.25) is 5.91 Å². The molecule has 1 amide bonds. The van der Waals surface area contributed by atoms with Crippen LogP contribution in [0.4, 0.5) is 0 Å². The van der Waals surface area contributed by atoms with Crippen molar-refractivity contribution in [3.05, 3.63) is 0 Å². The van der Waals surface area contributed by atoms with Crippen LogP contribution in [0.2, 0.25) is 0 Å². The van der Waals surface area contributed by atoms with Crippen LogP contribution in [0, 0.1) is 0 Å². The molecule has 0 aromatic carbocycles. The molecule has 0 aromatic heterocycles. The number of hydrogen-bond acceptors (Lipinski definition) is 4. The number of hydrogen-bond donors (Lipinski definition) is 2. The minimum absolute atomic E-state index is 0.0556. The summed E-state index contributed by atoms with van der Waals surface area (Å²) in [5, 5.41) is 11.9. The molecule has 1 saturated heterocycles. The Labute approximate surface area is 102 Å². The summed E-state index contributed by atoms with van der Waals surface area (Å²) in [6.45, 7) is 2.75. The zero-order valence-corrected chi connectivity index (χ0v) is 10.9. The first-order valence-electron chi connectivity index (χ1n) is 5.82. The zero-order chi connectivity index (χ0) is 12.0. The highest BCUT2D eigenvalue weighted by Crippen LogP contribution is 2.20. The lowest BCUT2D eigenvalue weighted by atomic mass is 10.2. The summed E-state index contributed by atoms with van der Waals surface area (Å²) < 4.78 is 0. The predicted molar refractivity (Wildman–Crippen MR) is 67.7 cm³/mol. The second kappa shape index (κ2) is 7.14. The number of rotatable bonds is 6. The van der Waals surface area contributed by atoms with Crippen LogP contribution in [0.1, 0.15) is 19.8 Å². The van der Waals surface area contributed by atoms with Crippen molar-refractivity contribution in [2.45, 2.75) is 31.9 Å². The molecule has 1 fully saturated rings. The molecular formula is C11H22N2O2S. The molecular weight excluding hydrogens is 224 g/mol. The standard InChI is InChI=1S/C11H22N2O2S/c1-9(14)3-5-12-11(15)7-13(2)10-4-6-16-8-10/h9-10,14H,3-8H2,1-2H3,(H,12,15). The lowest BCUT2D eigenvalue weighted by Gasteiger charge is -2.22. The Balaban J connectivity index is 2.12. The Kier molecular flexibility index (Phi) is 6.16. The molecule has 94 valence electrons. The van der Waals surface area contributed by atoms with Crippen molar-refractivity contribution >= 4 is 17.7 Å². The largest absolute Gasteiger partial charge is 0.393 e. The van der Waals surface area contributed by atoms with Gasteiger partial charge in [-0.05, 0) is 32.6 Å². The summed E-state index contributed by atoms with van der Waals surface area (Å²) >= 11 is 1.95. The van der Waals surface area contributed by atoms with Crippen molar-refractivity contribution in [1.29, 1.82) is 0 Å². The van der Waals surface area contributed by atoms with Crippen molar-refractivity contribution in [3.8, 4) is 0 Å². The lowest BCUT2D eigenvalue weighted by molar-refractivity contribution is -0.122. The van der Waals surface area contributed by atoms with E-state index in [-0.39, 0.29) is 12.0 Å². The van der Waals surface area contributed by atoms with Gasteiger partial charge in [0.1, 0.15) is 0 Å². The summed E-state index contributed by atoms with van der Waals surface area (Å²) in [5.74, 6) is 2.40. The molecule has 1 rings (SSSR count). The molecule has 1 aliphatic heterocycles. The van der Waals surface area contributed by atoms with Gasteiger partial charge in [0.05, 0.1) is 12.6 Å². The van der Waals surface area contributed by atoms with E-state index in [0.29, 0.717) is 25.6 Å². The van der Waals surface area contributed by atoms with Crippen molar-refractivity contribution in [1.82, 2.24) is 10.2 Å². The molecule has 0 aliphatic carbocycles. The molecule has 5 heteroatoms. The van der Waals surface area contributed by atoms with Gasteiger partial charge in [-0.3, -0.25) is 9.69 Å². The number of nitrogens with zero attached hydrogens (tertiary/aromatic N) is 1. The third kappa shape index (κ3) is 5.18. The summed E-state index contributed by atoms with van der Waals surface area (Å²) in [7, 11) is 2.00. The van der Waals surface area contributed by atoms with Crippen LogP contribution < -0.4 is 5.32 Å². The van der Waals surface area contributed by atoms with Gasteiger partial charge in [0.15, 0.2) is 0 Å². The smallest absolute Gasteiger partial charge is 0.234 e. The van der Waals surface area contributed by atoms with Gasteiger partial charge in [-0.25, -0.2) is 0 Å². The number of aliphatic hydroxyl groups is 1. The zero-order valence-electron chi connectivity index (χ0n) is 10.1. The van der Waals surface area contributed by atoms with Crippen LogP contribution in [0.3, 0.4) is 0 Å². The monoisotopic (exact) mass is 246 g/mol. The molecule has 1 aliphatic rings. The first kappa shape index (κ1) is 13.8. The van der Waals surface area contributed by atoms with Crippen LogP contribution in [0.5, 0.6) is 0 Å². The van der Waals surface area contributed by atoms with Gasteiger partial charge in [0.25, 0.3) is 0 Å². The number of thioether (sulfide) groups is 1. The number of nitrogens with one attached hydrogen (secondary N) is 1. The molecule has 1 heterocycles. The Morgan fingerprint density at radius 2 is 2.44 bits per heavy atom. The maximum atomic E-state index is 11.6. The average molecular weight is 246 g/mol. The highest BCUT2D eigenvalue weighted by Gasteiger charge is 2.21. The van der Waals surface area contributed by atoms with E-state index in [1.54, 1.807) is 6.92 Å². The topological polar surface area (TPSA) is 52.6 Å². The van der Waals surface area contributed by atoms with Gasteiger partial charge in [-0.15, -0.1) is 0 Å². The van der Waals surface area contributed by atoms with Crippen LogP contribution in [-0.4, -0.2) is 59.7 Å². The van der Waals surface area contributed by atoms with E-state index in [2.05, 4.69) is 10.2 Å². The van der Waals surface area contributed by atoms with E-state index in [1.807, 2.05) is 18.8 Å². The van der Waals surface area contributed by atoms with E-state index >= 15 is 0 Å². The first-order chi connectivity index (χ1) is 7.59. The molecule has 0 spiro atoms. The van der Waals surface area contributed by atoms with Gasteiger partial charge in [0, 0.05) is 18.3 Å². The second-order valence-electron chi connectivity index (χ2n) is 4.42. The number of carbonyl (C=O) groups excluding carboxylic acids is 1. The molecule has 0 saturated carbocycles. The SMILES string of the molecule is CC(O)CCNC(=O)CN(C)C1CCSC1. The van der Waals surface area contributed by atoms with Crippen molar-refractivity contribution in [2.75, 3.05) is 31.6 Å². The van der Waals surface area contributed by atoms with E-state index < -0.39 is 0 Å².